The number of hydrogen-bond donors (Lipinski definition) is 1. The lowest BCUT2D eigenvalue weighted by molar-refractivity contribution is -0.122. The summed E-state index contributed by atoms with van der Waals surface area (Å²) >= 11 is 0. The highest BCUT2D eigenvalue weighted by Gasteiger charge is 2.41. The topological polar surface area (TPSA) is 50.8 Å². The molecule has 2 fully saturated rings. The molecule has 2 aromatic carbocycles. The summed E-state index contributed by atoms with van der Waals surface area (Å²) < 4.78 is 11.3. The lowest BCUT2D eigenvalue weighted by atomic mass is 9.68. The highest BCUT2D eigenvalue weighted by atomic mass is 16.5. The van der Waals surface area contributed by atoms with Crippen molar-refractivity contribution in [2.75, 3.05) is 38.7 Å². The van der Waals surface area contributed by atoms with Crippen molar-refractivity contribution in [1.82, 2.24) is 4.90 Å². The molecule has 1 unspecified atom stereocenters. The Morgan fingerprint density at radius 3 is 2.36 bits per heavy atom. The molecule has 0 radical (unpaired) electrons. The molecular weight excluding hydrogens is 412 g/mol. The minimum absolute atomic E-state index is 0.0836. The Balaban J connectivity index is 1.36. The Labute approximate surface area is 198 Å². The first kappa shape index (κ1) is 23.6. The summed E-state index contributed by atoms with van der Waals surface area (Å²) in [5.74, 6) is 2.53. The predicted octanol–water partition coefficient (Wildman–Crippen LogP) is 5.65. The number of likely N-dealkylation sites (tertiary alicyclic amines) is 1. The molecule has 0 bridgehead atoms. The van der Waals surface area contributed by atoms with Gasteiger partial charge in [-0.05, 0) is 80.1 Å². The van der Waals surface area contributed by atoms with Crippen molar-refractivity contribution >= 4 is 11.6 Å². The number of methoxy groups -OCH3 is 1. The molecule has 0 spiro atoms. The van der Waals surface area contributed by atoms with Crippen LogP contribution in [0.1, 0.15) is 57.4 Å². The van der Waals surface area contributed by atoms with Crippen LogP contribution in [0.3, 0.4) is 0 Å². The summed E-state index contributed by atoms with van der Waals surface area (Å²) in [5, 5.41) is 3.19. The zero-order chi connectivity index (χ0) is 23.1. The number of piperidine rings is 1. The van der Waals surface area contributed by atoms with Gasteiger partial charge in [-0.25, -0.2) is 0 Å². The third-order valence-corrected chi connectivity index (χ3v) is 7.31. The minimum Gasteiger partial charge on any atom is -0.497 e. The van der Waals surface area contributed by atoms with Crippen molar-refractivity contribution in [1.29, 1.82) is 0 Å². The molecule has 1 amide bonds. The van der Waals surface area contributed by atoms with Gasteiger partial charge in [0.2, 0.25) is 5.91 Å². The number of hydrogen-bond acceptors (Lipinski definition) is 4. The molecule has 178 valence electrons. The van der Waals surface area contributed by atoms with Crippen molar-refractivity contribution in [2.45, 2.75) is 57.3 Å². The number of carbonyl (C=O) groups is 1. The van der Waals surface area contributed by atoms with Gasteiger partial charge >= 0.3 is 0 Å². The summed E-state index contributed by atoms with van der Waals surface area (Å²) in [6, 6.07) is 15.8. The van der Waals surface area contributed by atoms with Gasteiger partial charge in [-0.1, -0.05) is 38.3 Å². The molecule has 0 aromatic heterocycles. The minimum atomic E-state index is -0.481. The maximum Gasteiger partial charge on any atom is 0.235 e. The number of carbonyl (C=O) groups excluding carboxylic acids is 1. The first-order valence-corrected chi connectivity index (χ1v) is 12.5. The summed E-state index contributed by atoms with van der Waals surface area (Å²) in [7, 11) is 1.67. The second-order valence-corrected chi connectivity index (χ2v) is 9.75. The van der Waals surface area contributed by atoms with Gasteiger partial charge in [-0.15, -0.1) is 0 Å². The Bertz CT molecular complexity index is 888. The van der Waals surface area contributed by atoms with Crippen molar-refractivity contribution in [3.63, 3.8) is 0 Å². The quantitative estimate of drug-likeness (QED) is 0.565. The Morgan fingerprint density at radius 1 is 1.00 bits per heavy atom. The molecule has 5 nitrogen and oxygen atoms in total. The fourth-order valence-corrected chi connectivity index (χ4v) is 5.38. The van der Waals surface area contributed by atoms with Crippen molar-refractivity contribution < 1.29 is 14.3 Å². The molecular formula is C28H38N2O3. The van der Waals surface area contributed by atoms with E-state index in [1.54, 1.807) is 7.11 Å². The van der Waals surface area contributed by atoms with Gasteiger partial charge in [0, 0.05) is 18.8 Å². The normalized spacial score (nSPS) is 20.7. The molecule has 4 rings (SSSR count). The van der Waals surface area contributed by atoms with Crippen LogP contribution in [-0.4, -0.2) is 44.2 Å². The van der Waals surface area contributed by atoms with Gasteiger partial charge in [0.25, 0.3) is 0 Å². The summed E-state index contributed by atoms with van der Waals surface area (Å²) in [5.41, 5.74) is 1.41. The average molecular weight is 451 g/mol. The Kier molecular flexibility index (Phi) is 7.92. The highest BCUT2D eigenvalue weighted by molar-refractivity contribution is 5.99. The molecule has 1 aliphatic heterocycles. The van der Waals surface area contributed by atoms with Gasteiger partial charge in [-0.3, -0.25) is 9.69 Å². The van der Waals surface area contributed by atoms with E-state index >= 15 is 0 Å². The van der Waals surface area contributed by atoms with E-state index in [1.807, 2.05) is 48.5 Å². The fraction of sp³-hybridized carbons (Fsp3) is 0.536. The fourth-order valence-electron chi connectivity index (χ4n) is 5.38. The number of nitrogens with zero attached hydrogens (tertiary/aromatic N) is 1. The Hall–Kier alpha value is -2.53. The molecule has 1 saturated heterocycles. The summed E-state index contributed by atoms with van der Waals surface area (Å²) in [6.45, 7) is 6.33. The maximum atomic E-state index is 13.5. The smallest absolute Gasteiger partial charge is 0.235 e. The molecule has 1 saturated carbocycles. The molecule has 1 heterocycles. The van der Waals surface area contributed by atoms with Crippen LogP contribution in [0.15, 0.2) is 48.5 Å². The van der Waals surface area contributed by atoms with Crippen LogP contribution in [0.2, 0.25) is 0 Å². The van der Waals surface area contributed by atoms with Crippen LogP contribution < -0.4 is 14.8 Å². The lowest BCUT2D eigenvalue weighted by Gasteiger charge is -2.36. The summed E-state index contributed by atoms with van der Waals surface area (Å²) in [4.78, 5) is 16.0. The molecule has 1 atom stereocenters. The zero-order valence-corrected chi connectivity index (χ0v) is 20.1. The standard InChI is InChI=1S/C28H38N2O3/c1-22-7-6-18-30(21-22)19-20-33-26-14-10-24(11-15-26)29-27(31)28(16-4-3-5-17-28)23-8-12-25(32-2)13-9-23/h8-15,22H,3-7,16-21H2,1-2H3,(H,29,31). The van der Waals surface area contributed by atoms with E-state index in [0.717, 1.165) is 60.9 Å². The van der Waals surface area contributed by atoms with E-state index in [-0.39, 0.29) is 5.91 Å². The van der Waals surface area contributed by atoms with E-state index in [2.05, 4.69) is 17.1 Å². The second kappa shape index (κ2) is 11.1. The van der Waals surface area contributed by atoms with Gasteiger partial charge in [-0.2, -0.15) is 0 Å². The van der Waals surface area contributed by atoms with E-state index < -0.39 is 5.41 Å². The molecule has 33 heavy (non-hydrogen) atoms. The van der Waals surface area contributed by atoms with Gasteiger partial charge in [0.05, 0.1) is 12.5 Å². The average Bonchev–Trinajstić information content (AvgIpc) is 2.85. The third-order valence-electron chi connectivity index (χ3n) is 7.31. The third kappa shape index (κ3) is 5.89. The molecule has 1 N–H and O–H groups in total. The predicted molar refractivity (Wildman–Crippen MR) is 133 cm³/mol. The number of rotatable bonds is 8. The van der Waals surface area contributed by atoms with Crippen molar-refractivity contribution in [3.05, 3.63) is 54.1 Å². The first-order chi connectivity index (χ1) is 16.1. The summed E-state index contributed by atoms with van der Waals surface area (Å²) in [6.07, 6.45) is 7.71. The van der Waals surface area contributed by atoms with Crippen LogP contribution in [0.25, 0.3) is 0 Å². The highest BCUT2D eigenvalue weighted by Crippen LogP contribution is 2.41. The number of amides is 1. The van der Waals surface area contributed by atoms with Gasteiger partial charge < -0.3 is 14.8 Å². The Morgan fingerprint density at radius 2 is 1.70 bits per heavy atom. The van der Waals surface area contributed by atoms with E-state index in [1.165, 1.54) is 32.4 Å². The molecule has 5 heteroatoms. The van der Waals surface area contributed by atoms with Crippen LogP contribution in [0.4, 0.5) is 5.69 Å². The second-order valence-electron chi connectivity index (χ2n) is 9.75. The van der Waals surface area contributed by atoms with Crippen molar-refractivity contribution in [3.8, 4) is 11.5 Å². The number of benzene rings is 2. The van der Waals surface area contributed by atoms with E-state index in [0.29, 0.717) is 6.61 Å². The van der Waals surface area contributed by atoms with Gasteiger partial charge in [0.1, 0.15) is 18.1 Å². The SMILES string of the molecule is COc1ccc(C2(C(=O)Nc3ccc(OCCN4CCCC(C)C4)cc3)CCCCC2)cc1. The van der Waals surface area contributed by atoms with E-state index in [4.69, 9.17) is 9.47 Å². The van der Waals surface area contributed by atoms with Crippen LogP contribution in [0.5, 0.6) is 11.5 Å². The molecule has 2 aromatic rings. The number of anilines is 1. The lowest BCUT2D eigenvalue weighted by Crippen LogP contribution is -2.42. The van der Waals surface area contributed by atoms with Crippen LogP contribution in [0, 0.1) is 5.92 Å². The van der Waals surface area contributed by atoms with E-state index in [9.17, 15) is 4.79 Å². The largest absolute Gasteiger partial charge is 0.497 e. The molecule has 2 aliphatic rings. The number of nitrogens with one attached hydrogen (secondary N) is 1. The van der Waals surface area contributed by atoms with Crippen LogP contribution in [-0.2, 0) is 10.2 Å². The zero-order valence-electron chi connectivity index (χ0n) is 20.1. The van der Waals surface area contributed by atoms with Crippen LogP contribution >= 0.6 is 0 Å². The molecule has 1 aliphatic carbocycles. The maximum absolute atomic E-state index is 13.5. The number of ether oxygens (including phenoxy) is 2. The monoisotopic (exact) mass is 450 g/mol. The van der Waals surface area contributed by atoms with Crippen molar-refractivity contribution in [2.24, 2.45) is 5.92 Å². The van der Waals surface area contributed by atoms with Gasteiger partial charge in [0.15, 0.2) is 0 Å². The first-order valence-electron chi connectivity index (χ1n) is 12.5.